The Morgan fingerprint density at radius 1 is 1.35 bits per heavy atom. The van der Waals surface area contributed by atoms with E-state index >= 15 is 0 Å². The van der Waals surface area contributed by atoms with Gasteiger partial charge in [-0.15, -0.1) is 0 Å². The lowest BCUT2D eigenvalue weighted by Gasteiger charge is -2.24. The minimum atomic E-state index is 0.0227. The van der Waals surface area contributed by atoms with Crippen LogP contribution < -0.4 is 10.6 Å². The molecule has 0 unspecified atom stereocenters. The Hall–Kier alpha value is -2.83. The Morgan fingerprint density at radius 2 is 2.12 bits per heavy atom. The van der Waals surface area contributed by atoms with Gasteiger partial charge in [0.25, 0.3) is 0 Å². The molecule has 0 aliphatic carbocycles. The molecular weight excluding hydrogens is 328 g/mol. The van der Waals surface area contributed by atoms with Gasteiger partial charge in [0, 0.05) is 51.8 Å². The van der Waals surface area contributed by atoms with Gasteiger partial charge in [-0.3, -0.25) is 14.5 Å². The fraction of sp³-hybridized carbons (Fsp3) is 0.421. The van der Waals surface area contributed by atoms with E-state index in [2.05, 4.69) is 32.9 Å². The van der Waals surface area contributed by atoms with Gasteiger partial charge in [-0.25, -0.2) is 0 Å². The number of carbonyl (C=O) groups excluding carboxylic acids is 1. The lowest BCUT2D eigenvalue weighted by Crippen LogP contribution is -2.38. The molecule has 1 aliphatic rings. The summed E-state index contributed by atoms with van der Waals surface area (Å²) in [5, 5.41) is 10.8. The molecule has 1 aliphatic heterocycles. The number of guanidine groups is 1. The van der Waals surface area contributed by atoms with Crippen molar-refractivity contribution in [3.05, 3.63) is 53.9 Å². The van der Waals surface area contributed by atoms with Crippen LogP contribution in [0.3, 0.4) is 0 Å². The van der Waals surface area contributed by atoms with Gasteiger partial charge in [-0.05, 0) is 5.56 Å². The average Bonchev–Trinajstić information content (AvgIpc) is 3.21. The van der Waals surface area contributed by atoms with E-state index in [9.17, 15) is 4.79 Å². The summed E-state index contributed by atoms with van der Waals surface area (Å²) in [6.07, 6.45) is 4.45. The van der Waals surface area contributed by atoms with Crippen molar-refractivity contribution in [3.63, 3.8) is 0 Å². The number of nitrogens with zero attached hydrogens (tertiary/aromatic N) is 4. The average molecular weight is 354 g/mol. The topological polar surface area (TPSA) is 74.6 Å². The van der Waals surface area contributed by atoms with Crippen LogP contribution in [0.5, 0.6) is 0 Å². The molecule has 1 aromatic carbocycles. The van der Waals surface area contributed by atoms with E-state index in [1.54, 1.807) is 7.05 Å². The summed E-state index contributed by atoms with van der Waals surface area (Å²) in [4.78, 5) is 18.2. The maximum absolute atomic E-state index is 12.3. The predicted molar refractivity (Wildman–Crippen MR) is 102 cm³/mol. The van der Waals surface area contributed by atoms with E-state index in [1.165, 1.54) is 5.56 Å². The zero-order valence-corrected chi connectivity index (χ0v) is 15.5. The zero-order valence-electron chi connectivity index (χ0n) is 15.5. The molecular formula is C19H26N6O. The number of rotatable bonds is 5. The molecule has 7 heteroatoms. The number of aliphatic imine (C=N–C) groups is 1. The number of aromatic nitrogens is 2. The Bertz CT molecular complexity index is 769. The van der Waals surface area contributed by atoms with Gasteiger partial charge in [0.2, 0.25) is 5.91 Å². The summed E-state index contributed by atoms with van der Waals surface area (Å²) in [5.41, 5.74) is 2.27. The summed E-state index contributed by atoms with van der Waals surface area (Å²) >= 11 is 0. The highest BCUT2D eigenvalue weighted by atomic mass is 16.2. The van der Waals surface area contributed by atoms with Gasteiger partial charge in [0.15, 0.2) is 5.96 Å². The van der Waals surface area contributed by atoms with Gasteiger partial charge in [0.1, 0.15) is 0 Å². The van der Waals surface area contributed by atoms with Crippen LogP contribution in [-0.4, -0.2) is 54.2 Å². The standard InChI is InChI=1S/C19H26N6O/c1-20-19(21-2)22-10-15-9-17(26)24(3)18(15)16-11-23-25(13-16)12-14-7-5-4-6-8-14/h4-8,11,13,15,18H,9-10,12H2,1-3H3,(H2,20,21,22)/t15-,18+/m0/s1. The molecule has 1 fully saturated rings. The quantitative estimate of drug-likeness (QED) is 0.626. The number of nitrogens with one attached hydrogen (secondary N) is 2. The van der Waals surface area contributed by atoms with Crippen LogP contribution in [0.2, 0.25) is 0 Å². The summed E-state index contributed by atoms with van der Waals surface area (Å²) in [6.45, 7) is 1.40. The molecule has 3 rings (SSSR count). The maximum atomic E-state index is 12.3. The summed E-state index contributed by atoms with van der Waals surface area (Å²) in [6, 6.07) is 10.3. The summed E-state index contributed by atoms with van der Waals surface area (Å²) in [7, 11) is 5.43. The highest BCUT2D eigenvalue weighted by Gasteiger charge is 2.39. The van der Waals surface area contributed by atoms with E-state index in [0.717, 1.165) is 18.1 Å². The van der Waals surface area contributed by atoms with Crippen LogP contribution in [-0.2, 0) is 11.3 Å². The number of carbonyl (C=O) groups is 1. The molecule has 138 valence electrons. The van der Waals surface area contributed by atoms with Crippen LogP contribution in [0, 0.1) is 5.92 Å². The molecule has 0 bridgehead atoms. The van der Waals surface area contributed by atoms with E-state index < -0.39 is 0 Å². The third kappa shape index (κ3) is 3.87. The third-order valence-electron chi connectivity index (χ3n) is 4.87. The molecule has 1 amide bonds. The molecule has 1 saturated heterocycles. The van der Waals surface area contributed by atoms with Gasteiger partial charge in [-0.1, -0.05) is 30.3 Å². The maximum Gasteiger partial charge on any atom is 0.223 e. The highest BCUT2D eigenvalue weighted by Crippen LogP contribution is 2.36. The summed E-state index contributed by atoms with van der Waals surface area (Å²) < 4.78 is 1.93. The van der Waals surface area contributed by atoms with Crippen molar-refractivity contribution in [2.45, 2.75) is 19.0 Å². The second-order valence-electron chi connectivity index (χ2n) is 6.57. The summed E-state index contributed by atoms with van der Waals surface area (Å²) in [5.74, 6) is 1.06. The number of likely N-dealkylation sites (tertiary alicyclic amines) is 1. The third-order valence-corrected chi connectivity index (χ3v) is 4.87. The van der Waals surface area contributed by atoms with Crippen molar-refractivity contribution in [1.82, 2.24) is 25.3 Å². The Balaban J connectivity index is 1.73. The van der Waals surface area contributed by atoms with E-state index in [1.807, 2.05) is 54.3 Å². The van der Waals surface area contributed by atoms with E-state index in [-0.39, 0.29) is 17.9 Å². The first kappa shape index (κ1) is 18.0. The smallest absolute Gasteiger partial charge is 0.223 e. The van der Waals surface area contributed by atoms with Gasteiger partial charge in [-0.2, -0.15) is 5.10 Å². The van der Waals surface area contributed by atoms with Crippen LogP contribution in [0.25, 0.3) is 0 Å². The molecule has 26 heavy (non-hydrogen) atoms. The van der Waals surface area contributed by atoms with Crippen molar-refractivity contribution in [3.8, 4) is 0 Å². The van der Waals surface area contributed by atoms with Crippen molar-refractivity contribution < 1.29 is 4.79 Å². The Labute approximate surface area is 154 Å². The molecule has 2 aromatic rings. The molecule has 0 radical (unpaired) electrons. The SMILES string of the molecule is CN=C(NC)NC[C@@H]1CC(=O)N(C)[C@H]1c1cnn(Cc2ccccc2)c1. The van der Waals surface area contributed by atoms with Crippen molar-refractivity contribution >= 4 is 11.9 Å². The predicted octanol–water partition coefficient (Wildman–Crippen LogP) is 1.25. The second-order valence-corrected chi connectivity index (χ2v) is 6.57. The van der Waals surface area contributed by atoms with Crippen molar-refractivity contribution in [1.29, 1.82) is 0 Å². The Kier molecular flexibility index (Phi) is 5.55. The highest BCUT2D eigenvalue weighted by molar-refractivity contribution is 5.81. The first-order valence-corrected chi connectivity index (χ1v) is 8.82. The van der Waals surface area contributed by atoms with Crippen LogP contribution >= 0.6 is 0 Å². The van der Waals surface area contributed by atoms with E-state index in [4.69, 9.17) is 0 Å². The molecule has 0 saturated carbocycles. The molecule has 7 nitrogen and oxygen atoms in total. The Morgan fingerprint density at radius 3 is 2.81 bits per heavy atom. The van der Waals surface area contributed by atoms with Crippen molar-refractivity contribution in [2.75, 3.05) is 27.7 Å². The number of amides is 1. The van der Waals surface area contributed by atoms with Crippen LogP contribution in [0.1, 0.15) is 23.6 Å². The first-order valence-electron chi connectivity index (χ1n) is 8.82. The number of hydrogen-bond acceptors (Lipinski definition) is 3. The zero-order chi connectivity index (χ0) is 18.5. The van der Waals surface area contributed by atoms with Gasteiger partial charge >= 0.3 is 0 Å². The number of benzene rings is 1. The normalized spacial score (nSPS) is 20.5. The molecule has 2 heterocycles. The van der Waals surface area contributed by atoms with Crippen LogP contribution in [0.15, 0.2) is 47.7 Å². The molecule has 0 spiro atoms. The minimum absolute atomic E-state index is 0.0227. The molecule has 2 atom stereocenters. The molecule has 2 N–H and O–H groups in total. The van der Waals surface area contributed by atoms with Gasteiger partial charge < -0.3 is 15.5 Å². The fourth-order valence-corrected chi connectivity index (χ4v) is 3.53. The van der Waals surface area contributed by atoms with Gasteiger partial charge in [0.05, 0.1) is 18.8 Å². The second kappa shape index (κ2) is 8.03. The fourth-order valence-electron chi connectivity index (χ4n) is 3.53. The monoisotopic (exact) mass is 354 g/mol. The lowest BCUT2D eigenvalue weighted by molar-refractivity contribution is -0.127. The largest absolute Gasteiger partial charge is 0.359 e. The van der Waals surface area contributed by atoms with E-state index in [0.29, 0.717) is 13.0 Å². The van der Waals surface area contributed by atoms with Crippen molar-refractivity contribution in [2.24, 2.45) is 10.9 Å². The minimum Gasteiger partial charge on any atom is -0.359 e. The lowest BCUT2D eigenvalue weighted by atomic mass is 9.96. The van der Waals surface area contributed by atoms with Crippen LogP contribution in [0.4, 0.5) is 0 Å². The first-order chi connectivity index (χ1) is 12.6. The molecule has 1 aromatic heterocycles. The number of hydrogen-bond donors (Lipinski definition) is 2.